The first kappa shape index (κ1) is 14.0. The summed E-state index contributed by atoms with van der Waals surface area (Å²) in [4.78, 5) is 12.2. The van der Waals surface area contributed by atoms with Crippen LogP contribution in [0.15, 0.2) is 60.7 Å². The highest BCUT2D eigenvalue weighted by molar-refractivity contribution is 6.01. The van der Waals surface area contributed by atoms with Gasteiger partial charge in [0.25, 0.3) is 0 Å². The molecule has 0 fully saturated rings. The second-order valence-electron chi connectivity index (χ2n) is 6.15. The smallest absolute Gasteiger partial charge is 0.225 e. The van der Waals surface area contributed by atoms with Crippen LogP contribution in [-0.2, 0) is 11.2 Å². The maximum absolute atomic E-state index is 12.2. The molecule has 0 bridgehead atoms. The number of nitrogens with one attached hydrogen (secondary N) is 1. The summed E-state index contributed by atoms with van der Waals surface area (Å²) in [6.45, 7) is 2.16. The van der Waals surface area contributed by atoms with Crippen LogP contribution in [0, 0.1) is 0 Å². The van der Waals surface area contributed by atoms with E-state index in [1.807, 2.05) is 6.07 Å². The number of benzene rings is 3. The van der Waals surface area contributed by atoms with Crippen LogP contribution >= 0.6 is 0 Å². The van der Waals surface area contributed by atoms with E-state index in [0.29, 0.717) is 6.42 Å². The average Bonchev–Trinajstić information content (AvgIpc) is 2.60. The zero-order valence-corrected chi connectivity index (χ0v) is 13.2. The molecule has 0 saturated heterocycles. The summed E-state index contributed by atoms with van der Waals surface area (Å²) in [5.41, 5.74) is 4.73. The third kappa shape index (κ3) is 2.40. The number of anilines is 1. The lowest BCUT2D eigenvalue weighted by Crippen LogP contribution is -2.23. The van der Waals surface area contributed by atoms with Crippen LogP contribution in [0.3, 0.4) is 0 Å². The van der Waals surface area contributed by atoms with E-state index >= 15 is 0 Å². The van der Waals surface area contributed by atoms with Crippen LogP contribution in [0.1, 0.15) is 36.0 Å². The minimum absolute atomic E-state index is 0.0948. The summed E-state index contributed by atoms with van der Waals surface area (Å²) in [7, 11) is 0. The molecule has 1 atom stereocenters. The molecule has 114 valence electrons. The average molecular weight is 301 g/mol. The first-order chi connectivity index (χ1) is 11.3. The number of rotatable bonds is 2. The molecule has 3 aromatic rings. The quantitative estimate of drug-likeness (QED) is 0.718. The molecule has 0 spiro atoms. The van der Waals surface area contributed by atoms with E-state index in [2.05, 4.69) is 66.8 Å². The maximum Gasteiger partial charge on any atom is 0.225 e. The molecule has 1 N–H and O–H groups in total. The molecule has 0 aliphatic carbocycles. The van der Waals surface area contributed by atoms with Crippen molar-refractivity contribution in [2.75, 3.05) is 5.32 Å². The van der Waals surface area contributed by atoms with Crippen molar-refractivity contribution in [2.24, 2.45) is 0 Å². The number of hydrogen-bond acceptors (Lipinski definition) is 1. The topological polar surface area (TPSA) is 29.1 Å². The predicted octanol–water partition coefficient (Wildman–Crippen LogP) is 4.88. The Kier molecular flexibility index (Phi) is 3.38. The van der Waals surface area contributed by atoms with Gasteiger partial charge in [-0.2, -0.15) is 0 Å². The minimum Gasteiger partial charge on any atom is -0.326 e. The molecule has 0 radical (unpaired) electrons. The van der Waals surface area contributed by atoms with Crippen molar-refractivity contribution in [2.45, 2.75) is 25.7 Å². The monoisotopic (exact) mass is 301 g/mol. The Labute approximate surface area is 136 Å². The highest BCUT2D eigenvalue weighted by atomic mass is 16.1. The summed E-state index contributed by atoms with van der Waals surface area (Å²) >= 11 is 0. The lowest BCUT2D eigenvalue weighted by molar-refractivity contribution is -0.116. The minimum atomic E-state index is 0.0948. The van der Waals surface area contributed by atoms with Crippen molar-refractivity contribution >= 4 is 22.4 Å². The molecule has 1 heterocycles. The number of hydrogen-bond donors (Lipinski definition) is 1. The predicted molar refractivity (Wildman–Crippen MR) is 94.9 cm³/mol. The van der Waals surface area contributed by atoms with E-state index in [-0.39, 0.29) is 11.8 Å². The Morgan fingerprint density at radius 1 is 1.00 bits per heavy atom. The van der Waals surface area contributed by atoms with Crippen LogP contribution in [-0.4, -0.2) is 5.91 Å². The second kappa shape index (κ2) is 5.54. The maximum atomic E-state index is 12.2. The van der Waals surface area contributed by atoms with Crippen molar-refractivity contribution in [3.63, 3.8) is 0 Å². The van der Waals surface area contributed by atoms with Gasteiger partial charge in [0.05, 0.1) is 0 Å². The van der Waals surface area contributed by atoms with Crippen molar-refractivity contribution < 1.29 is 4.79 Å². The molecule has 2 heteroatoms. The Bertz CT molecular complexity index is 880. The van der Waals surface area contributed by atoms with E-state index in [1.165, 1.54) is 27.5 Å². The molecule has 4 rings (SSSR count). The molecule has 1 aliphatic rings. The van der Waals surface area contributed by atoms with Crippen molar-refractivity contribution in [3.8, 4) is 0 Å². The van der Waals surface area contributed by atoms with Crippen LogP contribution in [0.4, 0.5) is 5.69 Å². The number of fused-ring (bicyclic) bond motifs is 3. The van der Waals surface area contributed by atoms with Crippen LogP contribution < -0.4 is 5.32 Å². The molecular formula is C21H19NO. The van der Waals surface area contributed by atoms with Gasteiger partial charge in [0.1, 0.15) is 0 Å². The lowest BCUT2D eigenvalue weighted by Gasteiger charge is -2.27. The van der Waals surface area contributed by atoms with Crippen molar-refractivity contribution in [3.05, 3.63) is 77.4 Å². The van der Waals surface area contributed by atoms with E-state index in [0.717, 1.165) is 12.1 Å². The molecule has 2 nitrogen and oxygen atoms in total. The fraction of sp³-hybridized carbons (Fsp3) is 0.190. The lowest BCUT2D eigenvalue weighted by atomic mass is 9.82. The third-order valence-electron chi connectivity index (χ3n) is 4.77. The Morgan fingerprint density at radius 3 is 2.57 bits per heavy atom. The first-order valence-electron chi connectivity index (χ1n) is 8.16. The highest BCUT2D eigenvalue weighted by Crippen LogP contribution is 2.41. The summed E-state index contributed by atoms with van der Waals surface area (Å²) in [6.07, 6.45) is 1.54. The van der Waals surface area contributed by atoms with E-state index < -0.39 is 0 Å². The molecular weight excluding hydrogens is 282 g/mol. The fourth-order valence-corrected chi connectivity index (χ4v) is 3.54. The summed E-state index contributed by atoms with van der Waals surface area (Å²) < 4.78 is 0. The number of amides is 1. The van der Waals surface area contributed by atoms with Gasteiger partial charge in [-0.05, 0) is 39.9 Å². The van der Waals surface area contributed by atoms with Gasteiger partial charge in [-0.1, -0.05) is 61.5 Å². The standard InChI is InChI=1S/C21H19NO/c1-2-14-7-9-16(10-8-14)18-13-20(23)22-19-12-11-15-5-3-4-6-17(15)21(18)19/h3-12,18H,2,13H2,1H3,(H,22,23). The zero-order chi connectivity index (χ0) is 15.8. The van der Waals surface area contributed by atoms with Gasteiger partial charge >= 0.3 is 0 Å². The highest BCUT2D eigenvalue weighted by Gasteiger charge is 2.28. The summed E-state index contributed by atoms with van der Waals surface area (Å²) in [6, 6.07) is 21.2. The Balaban J connectivity index is 1.91. The van der Waals surface area contributed by atoms with Gasteiger partial charge in [0.15, 0.2) is 0 Å². The van der Waals surface area contributed by atoms with Crippen LogP contribution in [0.5, 0.6) is 0 Å². The number of carbonyl (C=O) groups excluding carboxylic acids is 1. The van der Waals surface area contributed by atoms with Crippen molar-refractivity contribution in [1.82, 2.24) is 0 Å². The summed E-state index contributed by atoms with van der Waals surface area (Å²) in [5, 5.41) is 5.49. The molecule has 1 aliphatic heterocycles. The number of carbonyl (C=O) groups is 1. The largest absolute Gasteiger partial charge is 0.326 e. The molecule has 0 aromatic heterocycles. The molecule has 3 aromatic carbocycles. The fourth-order valence-electron chi connectivity index (χ4n) is 3.54. The zero-order valence-electron chi connectivity index (χ0n) is 13.2. The van der Waals surface area contributed by atoms with Crippen LogP contribution in [0.25, 0.3) is 10.8 Å². The van der Waals surface area contributed by atoms with E-state index in [9.17, 15) is 4.79 Å². The first-order valence-corrected chi connectivity index (χ1v) is 8.16. The molecule has 1 unspecified atom stereocenters. The molecule has 0 saturated carbocycles. The SMILES string of the molecule is CCc1ccc(C2CC(=O)Nc3ccc4ccccc4c32)cc1. The van der Waals surface area contributed by atoms with Gasteiger partial charge < -0.3 is 5.32 Å². The van der Waals surface area contributed by atoms with E-state index in [1.54, 1.807) is 0 Å². The van der Waals surface area contributed by atoms with Crippen LogP contribution in [0.2, 0.25) is 0 Å². The van der Waals surface area contributed by atoms with Gasteiger partial charge in [0.2, 0.25) is 5.91 Å². The van der Waals surface area contributed by atoms with Gasteiger partial charge in [0, 0.05) is 18.0 Å². The Hall–Kier alpha value is -2.61. The third-order valence-corrected chi connectivity index (χ3v) is 4.77. The van der Waals surface area contributed by atoms with Gasteiger partial charge in [-0.3, -0.25) is 4.79 Å². The Morgan fingerprint density at radius 2 is 1.78 bits per heavy atom. The normalized spacial score (nSPS) is 16.9. The van der Waals surface area contributed by atoms with E-state index in [4.69, 9.17) is 0 Å². The second-order valence-corrected chi connectivity index (χ2v) is 6.15. The summed E-state index contributed by atoms with van der Waals surface area (Å²) in [5.74, 6) is 0.216. The van der Waals surface area contributed by atoms with Crippen molar-refractivity contribution in [1.29, 1.82) is 0 Å². The number of aryl methyl sites for hydroxylation is 1. The molecule has 23 heavy (non-hydrogen) atoms. The molecule has 1 amide bonds. The van der Waals surface area contributed by atoms with Gasteiger partial charge in [-0.15, -0.1) is 0 Å². The van der Waals surface area contributed by atoms with Gasteiger partial charge in [-0.25, -0.2) is 0 Å².